The number of amides is 2. The van der Waals surface area contributed by atoms with Crippen molar-refractivity contribution < 1.29 is 9.59 Å². The van der Waals surface area contributed by atoms with Crippen molar-refractivity contribution in [2.24, 2.45) is 0 Å². The number of thiazole rings is 1. The number of para-hydroxylation sites is 1. The first-order valence-corrected chi connectivity index (χ1v) is 13.9. The van der Waals surface area contributed by atoms with Crippen molar-refractivity contribution in [1.82, 2.24) is 9.88 Å². The number of thiophene rings is 1. The van der Waals surface area contributed by atoms with Crippen molar-refractivity contribution in [1.29, 1.82) is 0 Å². The van der Waals surface area contributed by atoms with E-state index in [-0.39, 0.29) is 11.8 Å². The third kappa shape index (κ3) is 4.56. The van der Waals surface area contributed by atoms with Gasteiger partial charge < -0.3 is 10.2 Å². The molecule has 6 rings (SSSR count). The minimum Gasteiger partial charge on any atom is -0.337 e. The lowest BCUT2D eigenvalue weighted by atomic mass is 9.90. The number of nitrogens with zero attached hydrogens (tertiary/aromatic N) is 2. The summed E-state index contributed by atoms with van der Waals surface area (Å²) in [4.78, 5) is 34.0. The van der Waals surface area contributed by atoms with Gasteiger partial charge in [-0.15, -0.1) is 22.7 Å². The standard InChI is InChI=1S/C30H25N3O2S2/c1-19(34)33-17-16-22-25(18-33)37-30(27(22)29-31-23-14-8-9-15-24(23)36-29)32-28(35)26(20-10-4-2-5-11-20)21-12-6-3-7-13-21/h2-15,26H,16-18H2,1H3,(H,32,35). The minimum absolute atomic E-state index is 0.0689. The summed E-state index contributed by atoms with van der Waals surface area (Å²) in [5.74, 6) is -0.459. The maximum atomic E-state index is 14.0. The van der Waals surface area contributed by atoms with E-state index in [4.69, 9.17) is 4.98 Å². The molecule has 0 aliphatic carbocycles. The van der Waals surface area contributed by atoms with Gasteiger partial charge in [0.15, 0.2) is 0 Å². The van der Waals surface area contributed by atoms with Crippen molar-refractivity contribution in [2.45, 2.75) is 25.8 Å². The lowest BCUT2D eigenvalue weighted by molar-refractivity contribution is -0.129. The maximum absolute atomic E-state index is 14.0. The van der Waals surface area contributed by atoms with Crippen molar-refractivity contribution in [2.75, 3.05) is 11.9 Å². The predicted molar refractivity (Wildman–Crippen MR) is 151 cm³/mol. The molecule has 1 N–H and O–H groups in total. The van der Waals surface area contributed by atoms with Gasteiger partial charge in [0.1, 0.15) is 10.0 Å². The Morgan fingerprint density at radius 3 is 2.19 bits per heavy atom. The molecule has 0 saturated carbocycles. The highest BCUT2D eigenvalue weighted by atomic mass is 32.1. The summed E-state index contributed by atoms with van der Waals surface area (Å²) in [6.07, 6.45) is 0.743. The molecule has 3 aromatic carbocycles. The van der Waals surface area contributed by atoms with Crippen LogP contribution in [0.4, 0.5) is 5.00 Å². The first kappa shape index (κ1) is 23.6. The molecule has 0 fully saturated rings. The van der Waals surface area contributed by atoms with E-state index in [0.29, 0.717) is 13.1 Å². The zero-order valence-corrected chi connectivity index (χ0v) is 21.9. The predicted octanol–water partition coefficient (Wildman–Crippen LogP) is 6.70. The number of hydrogen-bond donors (Lipinski definition) is 1. The molecule has 2 aromatic heterocycles. The maximum Gasteiger partial charge on any atom is 0.237 e. The molecule has 3 heterocycles. The summed E-state index contributed by atoms with van der Waals surface area (Å²) in [7, 11) is 0. The van der Waals surface area contributed by atoms with Crippen LogP contribution in [0.5, 0.6) is 0 Å². The van der Waals surface area contributed by atoms with Crippen LogP contribution >= 0.6 is 22.7 Å². The number of benzene rings is 3. The van der Waals surface area contributed by atoms with Crippen LogP contribution in [0, 0.1) is 0 Å². The normalized spacial score (nSPS) is 13.1. The molecule has 0 radical (unpaired) electrons. The number of fused-ring (bicyclic) bond motifs is 2. The smallest absolute Gasteiger partial charge is 0.237 e. The third-order valence-electron chi connectivity index (χ3n) is 6.77. The Kier molecular flexibility index (Phi) is 6.32. The molecule has 1 aliphatic heterocycles. The van der Waals surface area contributed by atoms with Gasteiger partial charge in [0.2, 0.25) is 11.8 Å². The Bertz CT molecular complexity index is 1520. The summed E-state index contributed by atoms with van der Waals surface area (Å²) in [5.41, 5.74) is 5.02. The number of carbonyl (C=O) groups excluding carboxylic acids is 2. The van der Waals surface area contributed by atoms with Crippen LogP contribution in [0.25, 0.3) is 20.8 Å². The van der Waals surface area contributed by atoms with E-state index < -0.39 is 5.92 Å². The van der Waals surface area contributed by atoms with Crippen LogP contribution in [0.1, 0.15) is 34.4 Å². The van der Waals surface area contributed by atoms with E-state index >= 15 is 0 Å². The van der Waals surface area contributed by atoms with Gasteiger partial charge in [-0.2, -0.15) is 0 Å². The SMILES string of the molecule is CC(=O)N1CCc2c(sc(NC(=O)C(c3ccccc3)c3ccccc3)c2-c2nc3ccccc3s2)C1. The van der Waals surface area contributed by atoms with Crippen LogP contribution in [-0.4, -0.2) is 28.2 Å². The van der Waals surface area contributed by atoms with E-state index in [0.717, 1.165) is 48.2 Å². The highest BCUT2D eigenvalue weighted by molar-refractivity contribution is 7.23. The molecule has 5 aromatic rings. The summed E-state index contributed by atoms with van der Waals surface area (Å²) in [6.45, 7) is 2.84. The van der Waals surface area contributed by atoms with Gasteiger partial charge in [-0.3, -0.25) is 9.59 Å². The van der Waals surface area contributed by atoms with Crippen molar-refractivity contribution in [3.8, 4) is 10.6 Å². The molecule has 0 atom stereocenters. The monoisotopic (exact) mass is 523 g/mol. The Labute approximate surface area is 223 Å². The molecule has 37 heavy (non-hydrogen) atoms. The largest absolute Gasteiger partial charge is 0.337 e. The van der Waals surface area contributed by atoms with Gasteiger partial charge in [-0.1, -0.05) is 72.8 Å². The first-order valence-electron chi connectivity index (χ1n) is 12.2. The summed E-state index contributed by atoms with van der Waals surface area (Å²) >= 11 is 3.21. The zero-order valence-electron chi connectivity index (χ0n) is 20.3. The van der Waals surface area contributed by atoms with Crippen LogP contribution < -0.4 is 5.32 Å². The zero-order chi connectivity index (χ0) is 25.4. The van der Waals surface area contributed by atoms with E-state index in [2.05, 4.69) is 11.4 Å². The number of nitrogens with one attached hydrogen (secondary N) is 1. The number of carbonyl (C=O) groups is 2. The number of hydrogen-bond acceptors (Lipinski definition) is 5. The van der Waals surface area contributed by atoms with Gasteiger partial charge in [-0.25, -0.2) is 4.98 Å². The van der Waals surface area contributed by atoms with Gasteiger partial charge in [0.25, 0.3) is 0 Å². The second-order valence-electron chi connectivity index (χ2n) is 9.13. The quantitative estimate of drug-likeness (QED) is 0.279. The summed E-state index contributed by atoms with van der Waals surface area (Å²) in [5, 5.41) is 5.00. The average Bonchev–Trinajstić information content (AvgIpc) is 3.50. The molecule has 184 valence electrons. The van der Waals surface area contributed by atoms with Crippen LogP contribution in [0.2, 0.25) is 0 Å². The van der Waals surface area contributed by atoms with Crippen molar-refractivity contribution >= 4 is 49.7 Å². The third-order valence-corrected chi connectivity index (χ3v) is 8.96. The molecule has 0 saturated heterocycles. The summed E-state index contributed by atoms with van der Waals surface area (Å²) in [6, 6.07) is 27.9. The van der Waals surface area contributed by atoms with Gasteiger partial charge in [-0.05, 0) is 35.2 Å². The van der Waals surface area contributed by atoms with Gasteiger partial charge in [0.05, 0.1) is 22.7 Å². The van der Waals surface area contributed by atoms with Crippen LogP contribution in [-0.2, 0) is 22.6 Å². The fourth-order valence-corrected chi connectivity index (χ4v) is 7.31. The average molecular weight is 524 g/mol. The van der Waals surface area contributed by atoms with Crippen molar-refractivity contribution in [3.05, 3.63) is 106 Å². The molecular formula is C30H25N3O2S2. The fraction of sp³-hybridized carbons (Fsp3) is 0.167. The Morgan fingerprint density at radius 1 is 0.892 bits per heavy atom. The van der Waals surface area contributed by atoms with Gasteiger partial charge in [0, 0.05) is 23.9 Å². The Balaban J connectivity index is 1.44. The molecular weight excluding hydrogens is 498 g/mol. The van der Waals surface area contributed by atoms with E-state index in [1.165, 1.54) is 5.56 Å². The topological polar surface area (TPSA) is 62.3 Å². The number of anilines is 1. The second kappa shape index (κ2) is 9.92. The molecule has 0 spiro atoms. The molecule has 0 bridgehead atoms. The lowest BCUT2D eigenvalue weighted by Gasteiger charge is -2.26. The molecule has 5 nitrogen and oxygen atoms in total. The number of aromatic nitrogens is 1. The van der Waals surface area contributed by atoms with Crippen LogP contribution in [0.15, 0.2) is 84.9 Å². The fourth-order valence-electron chi connectivity index (χ4n) is 4.94. The second-order valence-corrected chi connectivity index (χ2v) is 11.3. The van der Waals surface area contributed by atoms with E-state index in [1.807, 2.05) is 83.8 Å². The summed E-state index contributed by atoms with van der Waals surface area (Å²) < 4.78 is 1.11. The Morgan fingerprint density at radius 2 is 1.54 bits per heavy atom. The Hall–Kier alpha value is -3.81. The highest BCUT2D eigenvalue weighted by Gasteiger charge is 2.30. The first-order chi connectivity index (χ1) is 18.1. The molecule has 7 heteroatoms. The molecule has 0 unspecified atom stereocenters. The minimum atomic E-state index is -0.446. The highest BCUT2D eigenvalue weighted by Crippen LogP contribution is 2.46. The van der Waals surface area contributed by atoms with E-state index in [1.54, 1.807) is 29.6 Å². The molecule has 2 amide bonds. The van der Waals surface area contributed by atoms with Crippen molar-refractivity contribution in [3.63, 3.8) is 0 Å². The van der Waals surface area contributed by atoms with Crippen LogP contribution in [0.3, 0.4) is 0 Å². The lowest BCUT2D eigenvalue weighted by Crippen LogP contribution is -2.33. The van der Waals surface area contributed by atoms with Gasteiger partial charge >= 0.3 is 0 Å². The number of rotatable bonds is 5. The molecule has 1 aliphatic rings. The van der Waals surface area contributed by atoms with E-state index in [9.17, 15) is 9.59 Å².